The number of ether oxygens (including phenoxy) is 1. The number of carbonyl (C=O) groups is 2. The second-order valence-corrected chi connectivity index (χ2v) is 3.74. The molecule has 18 heavy (non-hydrogen) atoms. The Hall–Kier alpha value is -1.91. The van der Waals surface area contributed by atoms with Crippen LogP contribution in [0.1, 0.15) is 19.8 Å². The summed E-state index contributed by atoms with van der Waals surface area (Å²) < 4.78 is 17.7. The average molecular weight is 253 g/mol. The summed E-state index contributed by atoms with van der Waals surface area (Å²) in [4.78, 5) is 24.2. The minimum Gasteiger partial charge on any atom is -0.466 e. The molecular weight excluding hydrogens is 237 g/mol. The predicted molar refractivity (Wildman–Crippen MR) is 65.7 cm³/mol. The van der Waals surface area contributed by atoms with Gasteiger partial charge in [-0.15, -0.1) is 0 Å². The summed E-state index contributed by atoms with van der Waals surface area (Å²) in [7, 11) is 1.54. The van der Waals surface area contributed by atoms with Crippen molar-refractivity contribution >= 4 is 17.6 Å². The van der Waals surface area contributed by atoms with Gasteiger partial charge in [0.15, 0.2) is 0 Å². The number of hydrogen-bond donors (Lipinski definition) is 0. The SMILES string of the molecule is CCOC(=O)CCC(=O)N(C)c1cccc(F)c1. The molecule has 1 amide bonds. The summed E-state index contributed by atoms with van der Waals surface area (Å²) in [5.41, 5.74) is 0.462. The molecule has 0 aliphatic carbocycles. The summed E-state index contributed by atoms with van der Waals surface area (Å²) in [6, 6.07) is 5.73. The van der Waals surface area contributed by atoms with Gasteiger partial charge in [0.2, 0.25) is 5.91 Å². The van der Waals surface area contributed by atoms with Crippen molar-refractivity contribution in [2.24, 2.45) is 0 Å². The monoisotopic (exact) mass is 253 g/mol. The van der Waals surface area contributed by atoms with Crippen LogP contribution in [0.4, 0.5) is 10.1 Å². The van der Waals surface area contributed by atoms with E-state index in [1.807, 2.05) is 0 Å². The van der Waals surface area contributed by atoms with E-state index in [4.69, 9.17) is 4.74 Å². The fourth-order valence-corrected chi connectivity index (χ4v) is 1.44. The summed E-state index contributed by atoms with van der Waals surface area (Å²) >= 11 is 0. The number of nitrogens with zero attached hydrogens (tertiary/aromatic N) is 1. The lowest BCUT2D eigenvalue weighted by Gasteiger charge is -2.17. The molecule has 0 heterocycles. The highest BCUT2D eigenvalue weighted by Crippen LogP contribution is 2.15. The Morgan fingerprint density at radius 1 is 1.33 bits per heavy atom. The first kappa shape index (κ1) is 14.2. The Bertz CT molecular complexity index is 434. The van der Waals surface area contributed by atoms with Crippen molar-refractivity contribution in [3.63, 3.8) is 0 Å². The molecular formula is C13H16FNO3. The van der Waals surface area contributed by atoms with E-state index < -0.39 is 11.8 Å². The second-order valence-electron chi connectivity index (χ2n) is 3.74. The summed E-state index contributed by atoms with van der Waals surface area (Å²) in [5.74, 6) is -1.07. The van der Waals surface area contributed by atoms with Crippen molar-refractivity contribution in [2.75, 3.05) is 18.6 Å². The van der Waals surface area contributed by atoms with Gasteiger partial charge < -0.3 is 9.64 Å². The van der Waals surface area contributed by atoms with E-state index in [1.54, 1.807) is 20.0 Å². The number of anilines is 1. The maximum Gasteiger partial charge on any atom is 0.306 e. The van der Waals surface area contributed by atoms with Gasteiger partial charge in [-0.25, -0.2) is 4.39 Å². The van der Waals surface area contributed by atoms with Gasteiger partial charge in [-0.05, 0) is 25.1 Å². The highest BCUT2D eigenvalue weighted by Gasteiger charge is 2.13. The van der Waals surface area contributed by atoms with Crippen LogP contribution in [0, 0.1) is 5.82 Å². The van der Waals surface area contributed by atoms with Crippen LogP contribution in [-0.4, -0.2) is 25.5 Å². The number of esters is 1. The summed E-state index contributed by atoms with van der Waals surface area (Å²) in [6.07, 6.45) is 0.0815. The third-order valence-corrected chi connectivity index (χ3v) is 2.42. The molecule has 0 unspecified atom stereocenters. The predicted octanol–water partition coefficient (Wildman–Crippen LogP) is 2.13. The van der Waals surface area contributed by atoms with Crippen LogP contribution in [0.25, 0.3) is 0 Å². The molecule has 0 aromatic heterocycles. The van der Waals surface area contributed by atoms with Crippen molar-refractivity contribution in [3.05, 3.63) is 30.1 Å². The maximum absolute atomic E-state index is 13.0. The zero-order valence-electron chi connectivity index (χ0n) is 10.5. The zero-order valence-corrected chi connectivity index (χ0v) is 10.5. The van der Waals surface area contributed by atoms with Crippen LogP contribution in [0.2, 0.25) is 0 Å². The molecule has 0 N–H and O–H groups in total. The lowest BCUT2D eigenvalue weighted by atomic mass is 10.2. The van der Waals surface area contributed by atoms with E-state index in [-0.39, 0.29) is 18.7 Å². The second kappa shape index (κ2) is 6.74. The Labute approximate surface area is 105 Å². The molecule has 0 radical (unpaired) electrons. The molecule has 5 heteroatoms. The molecule has 0 spiro atoms. The van der Waals surface area contributed by atoms with Gasteiger partial charge in [-0.2, -0.15) is 0 Å². The highest BCUT2D eigenvalue weighted by atomic mass is 19.1. The van der Waals surface area contributed by atoms with Crippen LogP contribution < -0.4 is 4.90 Å². The molecule has 4 nitrogen and oxygen atoms in total. The first-order valence-electron chi connectivity index (χ1n) is 5.72. The van der Waals surface area contributed by atoms with Crippen molar-refractivity contribution in [1.82, 2.24) is 0 Å². The quantitative estimate of drug-likeness (QED) is 0.755. The van der Waals surface area contributed by atoms with Crippen LogP contribution in [0.5, 0.6) is 0 Å². The molecule has 1 aromatic carbocycles. The smallest absolute Gasteiger partial charge is 0.306 e. The summed E-state index contributed by atoms with van der Waals surface area (Å²) in [5, 5.41) is 0. The van der Waals surface area contributed by atoms with Gasteiger partial charge in [-0.3, -0.25) is 9.59 Å². The molecule has 0 aliphatic rings. The van der Waals surface area contributed by atoms with E-state index in [0.717, 1.165) is 0 Å². The third kappa shape index (κ3) is 4.16. The van der Waals surface area contributed by atoms with Crippen molar-refractivity contribution in [1.29, 1.82) is 0 Å². The Balaban J connectivity index is 2.54. The summed E-state index contributed by atoms with van der Waals surface area (Å²) in [6.45, 7) is 2.01. The van der Waals surface area contributed by atoms with Gasteiger partial charge in [0, 0.05) is 19.2 Å². The fourth-order valence-electron chi connectivity index (χ4n) is 1.44. The van der Waals surface area contributed by atoms with Crippen LogP contribution >= 0.6 is 0 Å². The average Bonchev–Trinajstić information content (AvgIpc) is 2.35. The molecule has 0 saturated carbocycles. The van der Waals surface area contributed by atoms with Gasteiger partial charge in [-0.1, -0.05) is 6.07 Å². The standard InChI is InChI=1S/C13H16FNO3/c1-3-18-13(17)8-7-12(16)15(2)11-6-4-5-10(14)9-11/h4-6,9H,3,7-8H2,1-2H3. The van der Waals surface area contributed by atoms with Gasteiger partial charge in [0.25, 0.3) is 0 Å². The van der Waals surface area contributed by atoms with Gasteiger partial charge in [0.1, 0.15) is 5.82 Å². The topological polar surface area (TPSA) is 46.6 Å². The maximum atomic E-state index is 13.0. The van der Waals surface area contributed by atoms with Gasteiger partial charge in [0.05, 0.1) is 13.0 Å². The largest absolute Gasteiger partial charge is 0.466 e. The third-order valence-electron chi connectivity index (χ3n) is 2.42. The number of amides is 1. The first-order chi connectivity index (χ1) is 8.54. The molecule has 1 rings (SSSR count). The molecule has 1 aromatic rings. The fraction of sp³-hybridized carbons (Fsp3) is 0.385. The lowest BCUT2D eigenvalue weighted by Crippen LogP contribution is -2.26. The van der Waals surface area contributed by atoms with E-state index in [0.29, 0.717) is 12.3 Å². The number of benzene rings is 1. The Kier molecular flexibility index (Phi) is 5.30. The Morgan fingerprint density at radius 2 is 2.06 bits per heavy atom. The molecule has 0 atom stereocenters. The zero-order chi connectivity index (χ0) is 13.5. The van der Waals surface area contributed by atoms with Crippen molar-refractivity contribution in [2.45, 2.75) is 19.8 Å². The first-order valence-corrected chi connectivity index (χ1v) is 5.72. The molecule has 0 fully saturated rings. The van der Waals surface area contributed by atoms with E-state index in [2.05, 4.69) is 0 Å². The van der Waals surface area contributed by atoms with E-state index >= 15 is 0 Å². The van der Waals surface area contributed by atoms with Gasteiger partial charge >= 0.3 is 5.97 Å². The highest BCUT2D eigenvalue weighted by molar-refractivity contribution is 5.94. The number of rotatable bonds is 5. The van der Waals surface area contributed by atoms with Crippen LogP contribution in [-0.2, 0) is 14.3 Å². The van der Waals surface area contributed by atoms with Crippen molar-refractivity contribution < 1.29 is 18.7 Å². The minimum atomic E-state index is -0.405. The number of carbonyl (C=O) groups excluding carboxylic acids is 2. The van der Waals surface area contributed by atoms with Crippen LogP contribution in [0.15, 0.2) is 24.3 Å². The molecule has 0 aliphatic heterocycles. The lowest BCUT2D eigenvalue weighted by molar-refractivity contribution is -0.144. The number of halogens is 1. The van der Waals surface area contributed by atoms with E-state index in [9.17, 15) is 14.0 Å². The Morgan fingerprint density at radius 3 is 2.67 bits per heavy atom. The molecule has 0 bridgehead atoms. The molecule has 0 saturated heterocycles. The molecule has 98 valence electrons. The number of hydrogen-bond acceptors (Lipinski definition) is 3. The van der Waals surface area contributed by atoms with Crippen LogP contribution in [0.3, 0.4) is 0 Å². The minimum absolute atomic E-state index is 0.0341. The normalized spacial score (nSPS) is 9.94. The van der Waals surface area contributed by atoms with Crippen molar-refractivity contribution in [3.8, 4) is 0 Å². The van der Waals surface area contributed by atoms with E-state index in [1.165, 1.54) is 23.1 Å².